The average molecular weight is 254 g/mol. The summed E-state index contributed by atoms with van der Waals surface area (Å²) >= 11 is 0. The molecule has 0 bridgehead atoms. The van der Waals surface area contributed by atoms with Crippen molar-refractivity contribution in [3.05, 3.63) is 0 Å². The van der Waals surface area contributed by atoms with Crippen molar-refractivity contribution in [1.82, 2.24) is 10.2 Å². The minimum absolute atomic E-state index is 0.686. The number of unbranched alkanes of at least 4 members (excludes halogenated alkanes) is 2. The van der Waals surface area contributed by atoms with Gasteiger partial charge in [0.2, 0.25) is 0 Å². The zero-order valence-electron chi connectivity index (χ0n) is 13.0. The molecule has 0 spiro atoms. The third-order valence-corrected chi connectivity index (χ3v) is 4.41. The Hall–Kier alpha value is -0.0800. The second kappa shape index (κ2) is 8.92. The number of rotatable bonds is 8. The van der Waals surface area contributed by atoms with E-state index in [9.17, 15) is 0 Å². The minimum atomic E-state index is 0.686. The Kier molecular flexibility index (Phi) is 7.92. The van der Waals surface area contributed by atoms with Gasteiger partial charge in [0.05, 0.1) is 0 Å². The monoisotopic (exact) mass is 254 g/mol. The van der Waals surface area contributed by atoms with Crippen LogP contribution in [0.2, 0.25) is 0 Å². The summed E-state index contributed by atoms with van der Waals surface area (Å²) < 4.78 is 0. The molecule has 1 saturated heterocycles. The van der Waals surface area contributed by atoms with E-state index in [1.54, 1.807) is 0 Å². The lowest BCUT2D eigenvalue weighted by molar-refractivity contribution is 0.166. The second-order valence-electron chi connectivity index (χ2n) is 6.25. The molecular formula is C16H34N2. The Labute approximate surface area is 115 Å². The van der Waals surface area contributed by atoms with Gasteiger partial charge in [0.15, 0.2) is 0 Å². The van der Waals surface area contributed by atoms with Gasteiger partial charge in [-0.2, -0.15) is 0 Å². The molecule has 0 aromatic carbocycles. The Morgan fingerprint density at radius 3 is 2.61 bits per heavy atom. The molecule has 1 aliphatic rings. The van der Waals surface area contributed by atoms with E-state index in [2.05, 4.69) is 37.9 Å². The van der Waals surface area contributed by atoms with Crippen molar-refractivity contribution in [2.24, 2.45) is 5.92 Å². The lowest BCUT2D eigenvalue weighted by atomic mass is 9.90. The average Bonchev–Trinajstić information content (AvgIpc) is 2.38. The van der Waals surface area contributed by atoms with Crippen molar-refractivity contribution in [3.8, 4) is 0 Å². The van der Waals surface area contributed by atoms with Gasteiger partial charge >= 0.3 is 0 Å². The first-order valence-electron chi connectivity index (χ1n) is 8.14. The number of nitrogens with one attached hydrogen (secondary N) is 1. The number of hydrogen-bond acceptors (Lipinski definition) is 2. The van der Waals surface area contributed by atoms with Gasteiger partial charge in [-0.25, -0.2) is 0 Å². The molecule has 0 amide bonds. The van der Waals surface area contributed by atoms with Gasteiger partial charge in [-0.3, -0.25) is 4.90 Å². The van der Waals surface area contributed by atoms with E-state index in [-0.39, 0.29) is 0 Å². The van der Waals surface area contributed by atoms with Crippen LogP contribution in [0.4, 0.5) is 0 Å². The predicted molar refractivity (Wildman–Crippen MR) is 81.0 cm³/mol. The van der Waals surface area contributed by atoms with Crippen LogP contribution in [0.1, 0.15) is 66.2 Å². The summed E-state index contributed by atoms with van der Waals surface area (Å²) in [6, 6.07) is 1.42. The molecule has 2 unspecified atom stereocenters. The second-order valence-corrected chi connectivity index (χ2v) is 6.25. The standard InChI is InChI=1S/C16H34N2/c1-5-7-8-11-18(14(3)4)13-16-12-15(6-2)9-10-17-16/h14-17H,5-13H2,1-4H3. The first-order valence-corrected chi connectivity index (χ1v) is 8.14. The number of piperidine rings is 1. The van der Waals surface area contributed by atoms with Crippen molar-refractivity contribution >= 4 is 0 Å². The summed E-state index contributed by atoms with van der Waals surface area (Å²) in [5.74, 6) is 0.959. The quantitative estimate of drug-likeness (QED) is 0.665. The molecule has 1 rings (SSSR count). The van der Waals surface area contributed by atoms with Gasteiger partial charge in [0, 0.05) is 18.6 Å². The molecule has 108 valence electrons. The summed E-state index contributed by atoms with van der Waals surface area (Å²) in [5.41, 5.74) is 0. The molecule has 0 aliphatic carbocycles. The Morgan fingerprint density at radius 2 is 2.00 bits per heavy atom. The van der Waals surface area contributed by atoms with E-state index in [4.69, 9.17) is 0 Å². The van der Waals surface area contributed by atoms with Gasteiger partial charge in [-0.1, -0.05) is 33.1 Å². The molecule has 1 heterocycles. The van der Waals surface area contributed by atoms with E-state index in [0.717, 1.165) is 12.0 Å². The fraction of sp³-hybridized carbons (Fsp3) is 1.00. The van der Waals surface area contributed by atoms with Crippen LogP contribution in [-0.2, 0) is 0 Å². The van der Waals surface area contributed by atoms with E-state index in [0.29, 0.717) is 6.04 Å². The molecule has 2 nitrogen and oxygen atoms in total. The lowest BCUT2D eigenvalue weighted by Crippen LogP contribution is -2.48. The van der Waals surface area contributed by atoms with Crippen LogP contribution in [-0.4, -0.2) is 36.6 Å². The van der Waals surface area contributed by atoms with Gasteiger partial charge in [-0.05, 0) is 52.1 Å². The highest BCUT2D eigenvalue weighted by Gasteiger charge is 2.22. The summed E-state index contributed by atoms with van der Waals surface area (Å²) in [4.78, 5) is 2.67. The Morgan fingerprint density at radius 1 is 1.22 bits per heavy atom. The van der Waals surface area contributed by atoms with Crippen LogP contribution in [0.5, 0.6) is 0 Å². The van der Waals surface area contributed by atoms with E-state index in [1.807, 2.05) is 0 Å². The SMILES string of the molecule is CCCCCN(CC1CC(CC)CCN1)C(C)C. The Bertz CT molecular complexity index is 203. The van der Waals surface area contributed by atoms with Crippen LogP contribution in [0, 0.1) is 5.92 Å². The highest BCUT2D eigenvalue weighted by atomic mass is 15.2. The zero-order chi connectivity index (χ0) is 13.4. The van der Waals surface area contributed by atoms with Gasteiger partial charge < -0.3 is 5.32 Å². The third kappa shape index (κ3) is 5.71. The van der Waals surface area contributed by atoms with Crippen LogP contribution in [0.15, 0.2) is 0 Å². The molecule has 0 aromatic heterocycles. The molecule has 1 fully saturated rings. The summed E-state index contributed by atoms with van der Waals surface area (Å²) in [6.45, 7) is 13.1. The van der Waals surface area contributed by atoms with Crippen LogP contribution in [0.3, 0.4) is 0 Å². The van der Waals surface area contributed by atoms with E-state index < -0.39 is 0 Å². The fourth-order valence-corrected chi connectivity index (χ4v) is 3.01. The summed E-state index contributed by atoms with van der Waals surface area (Å²) in [7, 11) is 0. The Balaban J connectivity index is 2.34. The van der Waals surface area contributed by atoms with Gasteiger partial charge in [0.1, 0.15) is 0 Å². The highest BCUT2D eigenvalue weighted by molar-refractivity contribution is 4.81. The first kappa shape index (κ1) is 16.0. The molecule has 0 radical (unpaired) electrons. The zero-order valence-corrected chi connectivity index (χ0v) is 13.0. The largest absolute Gasteiger partial charge is 0.313 e. The maximum absolute atomic E-state index is 3.72. The molecule has 0 aromatic rings. The number of hydrogen-bond donors (Lipinski definition) is 1. The molecule has 0 saturated carbocycles. The smallest absolute Gasteiger partial charge is 0.0197 e. The topological polar surface area (TPSA) is 15.3 Å². The highest BCUT2D eigenvalue weighted by Crippen LogP contribution is 2.20. The normalized spacial score (nSPS) is 25.0. The maximum atomic E-state index is 3.72. The van der Waals surface area contributed by atoms with Crippen LogP contribution in [0.25, 0.3) is 0 Å². The molecule has 1 N–H and O–H groups in total. The van der Waals surface area contributed by atoms with Gasteiger partial charge in [-0.15, -0.1) is 0 Å². The van der Waals surface area contributed by atoms with Crippen molar-refractivity contribution in [2.45, 2.75) is 78.3 Å². The van der Waals surface area contributed by atoms with Crippen molar-refractivity contribution in [2.75, 3.05) is 19.6 Å². The van der Waals surface area contributed by atoms with E-state index in [1.165, 1.54) is 58.2 Å². The first-order chi connectivity index (χ1) is 8.67. The molecule has 2 heteroatoms. The molecule has 1 aliphatic heterocycles. The van der Waals surface area contributed by atoms with Crippen LogP contribution < -0.4 is 5.32 Å². The van der Waals surface area contributed by atoms with Crippen LogP contribution >= 0.6 is 0 Å². The predicted octanol–water partition coefficient (Wildman–Crippen LogP) is 3.67. The van der Waals surface area contributed by atoms with Crippen molar-refractivity contribution in [3.63, 3.8) is 0 Å². The maximum Gasteiger partial charge on any atom is 0.0197 e. The molecule has 18 heavy (non-hydrogen) atoms. The lowest BCUT2D eigenvalue weighted by Gasteiger charge is -2.35. The molecular weight excluding hydrogens is 220 g/mol. The van der Waals surface area contributed by atoms with Crippen molar-refractivity contribution in [1.29, 1.82) is 0 Å². The third-order valence-electron chi connectivity index (χ3n) is 4.41. The summed E-state index contributed by atoms with van der Waals surface area (Å²) in [6.07, 6.45) is 8.18. The number of nitrogens with zero attached hydrogens (tertiary/aromatic N) is 1. The van der Waals surface area contributed by atoms with E-state index >= 15 is 0 Å². The fourth-order valence-electron chi connectivity index (χ4n) is 3.01. The minimum Gasteiger partial charge on any atom is -0.313 e. The summed E-state index contributed by atoms with van der Waals surface area (Å²) in [5, 5.41) is 3.72. The van der Waals surface area contributed by atoms with Crippen molar-refractivity contribution < 1.29 is 0 Å². The van der Waals surface area contributed by atoms with Gasteiger partial charge in [0.25, 0.3) is 0 Å². The molecule has 2 atom stereocenters.